The highest BCUT2D eigenvalue weighted by atomic mass is 16.5. The van der Waals surface area contributed by atoms with Gasteiger partial charge in [-0.2, -0.15) is 0 Å². The molecule has 0 saturated carbocycles. The van der Waals surface area contributed by atoms with Crippen molar-refractivity contribution >= 4 is 11.8 Å². The predicted octanol–water partition coefficient (Wildman–Crippen LogP) is 1.95. The van der Waals surface area contributed by atoms with Crippen molar-refractivity contribution in [3.8, 4) is 0 Å². The van der Waals surface area contributed by atoms with Gasteiger partial charge in [0.25, 0.3) is 0 Å². The van der Waals surface area contributed by atoms with E-state index in [2.05, 4.69) is 4.74 Å². The average Bonchev–Trinajstić information content (AvgIpc) is 2.33. The molecular weight excluding hydrogens is 232 g/mol. The molecule has 0 rings (SSSR count). The first kappa shape index (κ1) is 16.3. The zero-order valence-electron chi connectivity index (χ0n) is 10.8. The SMILES string of the molecule is CCCC(O)C=CC=CC=CC(=O)CC(=O)OC. The van der Waals surface area contributed by atoms with Gasteiger partial charge in [-0.3, -0.25) is 9.59 Å². The van der Waals surface area contributed by atoms with Crippen LogP contribution in [0.25, 0.3) is 0 Å². The lowest BCUT2D eigenvalue weighted by Gasteiger charge is -1.99. The third-order valence-corrected chi connectivity index (χ3v) is 2.08. The van der Waals surface area contributed by atoms with E-state index in [1.165, 1.54) is 13.2 Å². The molecule has 0 spiro atoms. The maximum absolute atomic E-state index is 11.2. The summed E-state index contributed by atoms with van der Waals surface area (Å²) >= 11 is 0. The minimum absolute atomic E-state index is 0.244. The minimum Gasteiger partial charge on any atom is -0.469 e. The third kappa shape index (κ3) is 9.54. The van der Waals surface area contributed by atoms with Crippen molar-refractivity contribution in [1.29, 1.82) is 0 Å². The van der Waals surface area contributed by atoms with E-state index < -0.39 is 12.1 Å². The Morgan fingerprint density at radius 2 is 1.89 bits per heavy atom. The number of ether oxygens (including phenoxy) is 1. The number of methoxy groups -OCH3 is 1. The van der Waals surface area contributed by atoms with Gasteiger partial charge in [0.2, 0.25) is 0 Å². The monoisotopic (exact) mass is 252 g/mol. The second-order valence-corrected chi connectivity index (χ2v) is 3.70. The molecule has 4 nitrogen and oxygen atoms in total. The van der Waals surface area contributed by atoms with Crippen LogP contribution in [-0.4, -0.2) is 30.1 Å². The van der Waals surface area contributed by atoms with Crippen LogP contribution in [0.4, 0.5) is 0 Å². The number of ketones is 1. The Bertz CT molecular complexity index is 340. The molecule has 1 atom stereocenters. The molecular formula is C14H20O4. The molecule has 0 aromatic rings. The molecule has 18 heavy (non-hydrogen) atoms. The van der Waals surface area contributed by atoms with Crippen LogP contribution in [0.2, 0.25) is 0 Å². The molecule has 0 radical (unpaired) electrons. The van der Waals surface area contributed by atoms with E-state index in [0.717, 1.165) is 12.8 Å². The Hall–Kier alpha value is -1.68. The molecule has 0 aromatic carbocycles. The fraction of sp³-hybridized carbons (Fsp3) is 0.429. The van der Waals surface area contributed by atoms with Crippen LogP contribution in [0.3, 0.4) is 0 Å². The first-order chi connectivity index (χ1) is 8.60. The van der Waals surface area contributed by atoms with Crippen molar-refractivity contribution in [2.24, 2.45) is 0 Å². The molecule has 1 N–H and O–H groups in total. The van der Waals surface area contributed by atoms with Gasteiger partial charge in [-0.15, -0.1) is 0 Å². The Morgan fingerprint density at radius 1 is 1.22 bits per heavy atom. The summed E-state index contributed by atoms with van der Waals surface area (Å²) in [7, 11) is 1.24. The first-order valence-corrected chi connectivity index (χ1v) is 5.89. The van der Waals surface area contributed by atoms with Crippen LogP contribution < -0.4 is 0 Å². The molecule has 0 aliphatic rings. The zero-order valence-corrected chi connectivity index (χ0v) is 10.8. The van der Waals surface area contributed by atoms with Gasteiger partial charge in [-0.1, -0.05) is 43.7 Å². The average molecular weight is 252 g/mol. The van der Waals surface area contributed by atoms with Crippen LogP contribution in [0, 0.1) is 0 Å². The van der Waals surface area contributed by atoms with Gasteiger partial charge < -0.3 is 9.84 Å². The second-order valence-electron chi connectivity index (χ2n) is 3.70. The largest absolute Gasteiger partial charge is 0.469 e. The van der Waals surface area contributed by atoms with Crippen LogP contribution in [0.15, 0.2) is 36.5 Å². The van der Waals surface area contributed by atoms with Crippen molar-refractivity contribution in [3.05, 3.63) is 36.5 Å². The normalized spacial score (nSPS) is 13.5. The molecule has 1 unspecified atom stereocenters. The van der Waals surface area contributed by atoms with Crippen molar-refractivity contribution in [2.75, 3.05) is 7.11 Å². The topological polar surface area (TPSA) is 63.6 Å². The molecule has 0 aliphatic heterocycles. The van der Waals surface area contributed by atoms with Crippen molar-refractivity contribution in [1.82, 2.24) is 0 Å². The number of esters is 1. The maximum atomic E-state index is 11.2. The molecule has 0 saturated heterocycles. The van der Waals surface area contributed by atoms with Gasteiger partial charge in [0.1, 0.15) is 6.42 Å². The summed E-state index contributed by atoms with van der Waals surface area (Å²) < 4.78 is 4.36. The lowest BCUT2D eigenvalue weighted by atomic mass is 10.2. The lowest BCUT2D eigenvalue weighted by Crippen LogP contribution is -2.06. The number of hydrogen-bond donors (Lipinski definition) is 1. The highest BCUT2D eigenvalue weighted by molar-refractivity contribution is 6.01. The summed E-state index contributed by atoms with van der Waals surface area (Å²) in [6, 6.07) is 0. The summed E-state index contributed by atoms with van der Waals surface area (Å²) in [5.41, 5.74) is 0. The summed E-state index contributed by atoms with van der Waals surface area (Å²) in [5.74, 6) is -0.849. The third-order valence-electron chi connectivity index (χ3n) is 2.08. The van der Waals surface area contributed by atoms with Gasteiger partial charge in [0.15, 0.2) is 5.78 Å². The highest BCUT2D eigenvalue weighted by Gasteiger charge is 2.04. The zero-order chi connectivity index (χ0) is 13.8. The number of allylic oxidation sites excluding steroid dienone is 5. The summed E-state index contributed by atoms with van der Waals surface area (Å²) in [4.78, 5) is 21.9. The van der Waals surface area contributed by atoms with E-state index >= 15 is 0 Å². The predicted molar refractivity (Wildman–Crippen MR) is 70.0 cm³/mol. The Balaban J connectivity index is 3.94. The minimum atomic E-state index is -0.545. The number of carbonyl (C=O) groups excluding carboxylic acids is 2. The standard InChI is InChI=1S/C14H20O4/c1-3-8-12(15)9-6-4-5-7-10-13(16)11-14(17)18-2/h4-7,9-10,12,15H,3,8,11H2,1-2H3. The highest BCUT2D eigenvalue weighted by Crippen LogP contribution is 1.97. The van der Waals surface area contributed by atoms with E-state index in [4.69, 9.17) is 0 Å². The van der Waals surface area contributed by atoms with E-state index in [0.29, 0.717) is 0 Å². The van der Waals surface area contributed by atoms with Crippen molar-refractivity contribution < 1.29 is 19.4 Å². The van der Waals surface area contributed by atoms with E-state index in [1.807, 2.05) is 6.92 Å². The summed E-state index contributed by atoms with van der Waals surface area (Å²) in [6.07, 6.45) is 10.6. The number of carbonyl (C=O) groups is 2. The molecule has 0 heterocycles. The maximum Gasteiger partial charge on any atom is 0.313 e. The first-order valence-electron chi connectivity index (χ1n) is 5.89. The molecule has 4 heteroatoms. The number of aliphatic hydroxyl groups is 1. The van der Waals surface area contributed by atoms with Gasteiger partial charge >= 0.3 is 5.97 Å². The molecule has 100 valence electrons. The van der Waals surface area contributed by atoms with Crippen LogP contribution >= 0.6 is 0 Å². The van der Waals surface area contributed by atoms with Gasteiger partial charge in [0, 0.05) is 0 Å². The number of rotatable bonds is 8. The van der Waals surface area contributed by atoms with Gasteiger partial charge in [-0.05, 0) is 12.5 Å². The van der Waals surface area contributed by atoms with Crippen molar-refractivity contribution in [2.45, 2.75) is 32.3 Å². The second kappa shape index (κ2) is 10.5. The van der Waals surface area contributed by atoms with Gasteiger partial charge in [-0.25, -0.2) is 0 Å². The summed E-state index contributed by atoms with van der Waals surface area (Å²) in [6.45, 7) is 2.00. The Labute approximate surface area is 108 Å². The van der Waals surface area contributed by atoms with E-state index in [-0.39, 0.29) is 12.2 Å². The summed E-state index contributed by atoms with van der Waals surface area (Å²) in [5, 5.41) is 9.38. The Kier molecular flexibility index (Phi) is 9.50. The van der Waals surface area contributed by atoms with Crippen LogP contribution in [0.5, 0.6) is 0 Å². The fourth-order valence-electron chi connectivity index (χ4n) is 1.15. The van der Waals surface area contributed by atoms with E-state index in [9.17, 15) is 14.7 Å². The molecule has 0 bridgehead atoms. The quantitative estimate of drug-likeness (QED) is 0.310. The fourth-order valence-corrected chi connectivity index (χ4v) is 1.15. The van der Waals surface area contributed by atoms with Gasteiger partial charge in [0.05, 0.1) is 13.2 Å². The van der Waals surface area contributed by atoms with E-state index in [1.54, 1.807) is 30.4 Å². The molecule has 0 aromatic heterocycles. The van der Waals surface area contributed by atoms with Crippen LogP contribution in [-0.2, 0) is 14.3 Å². The smallest absolute Gasteiger partial charge is 0.313 e. The van der Waals surface area contributed by atoms with Crippen LogP contribution in [0.1, 0.15) is 26.2 Å². The number of hydrogen-bond acceptors (Lipinski definition) is 4. The number of aliphatic hydroxyl groups excluding tert-OH is 1. The molecule has 0 amide bonds. The lowest BCUT2D eigenvalue weighted by molar-refractivity contribution is -0.142. The Morgan fingerprint density at radius 3 is 2.50 bits per heavy atom. The van der Waals surface area contributed by atoms with Crippen molar-refractivity contribution in [3.63, 3.8) is 0 Å². The molecule has 0 fully saturated rings. The molecule has 0 aliphatic carbocycles.